The molecule has 7 heteroatoms. The van der Waals surface area contributed by atoms with Crippen molar-refractivity contribution in [2.45, 2.75) is 26.8 Å². The van der Waals surface area contributed by atoms with Crippen LogP contribution in [0.1, 0.15) is 37.9 Å². The fourth-order valence-corrected chi connectivity index (χ4v) is 4.07. The Balaban J connectivity index is 2.01. The van der Waals surface area contributed by atoms with Crippen LogP contribution in [0.3, 0.4) is 0 Å². The van der Waals surface area contributed by atoms with Gasteiger partial charge in [0.15, 0.2) is 23.0 Å². The molecule has 0 aromatic heterocycles. The Labute approximate surface area is 200 Å². The van der Waals surface area contributed by atoms with Crippen molar-refractivity contribution in [1.29, 1.82) is 0 Å². The first kappa shape index (κ1) is 25.1. The van der Waals surface area contributed by atoms with E-state index in [1.54, 1.807) is 25.1 Å². The monoisotopic (exact) mass is 464 g/mol. The zero-order valence-corrected chi connectivity index (χ0v) is 19.9. The SMILES string of the molecule is CCOc1cc(C2C(C(=O)C=Cc3ccccc3)=C(O)C(=O)N2CCN(CC)CC)ccc1O. The molecule has 0 saturated carbocycles. The van der Waals surface area contributed by atoms with Crippen LogP contribution in [0.2, 0.25) is 0 Å². The molecule has 7 nitrogen and oxygen atoms in total. The lowest BCUT2D eigenvalue weighted by atomic mass is 9.95. The highest BCUT2D eigenvalue weighted by atomic mass is 16.5. The highest BCUT2D eigenvalue weighted by molar-refractivity contribution is 6.14. The first-order valence-corrected chi connectivity index (χ1v) is 11.6. The van der Waals surface area contributed by atoms with E-state index in [0.29, 0.717) is 25.3 Å². The van der Waals surface area contributed by atoms with Crippen molar-refractivity contribution in [3.05, 3.63) is 77.1 Å². The largest absolute Gasteiger partial charge is 0.504 e. The van der Waals surface area contributed by atoms with Gasteiger partial charge in [0.05, 0.1) is 18.2 Å². The second kappa shape index (κ2) is 11.5. The van der Waals surface area contributed by atoms with Crippen molar-refractivity contribution in [2.75, 3.05) is 32.8 Å². The zero-order chi connectivity index (χ0) is 24.7. The van der Waals surface area contributed by atoms with E-state index in [1.165, 1.54) is 17.0 Å². The molecule has 0 spiro atoms. The van der Waals surface area contributed by atoms with Crippen LogP contribution in [-0.4, -0.2) is 64.5 Å². The summed E-state index contributed by atoms with van der Waals surface area (Å²) in [5, 5.41) is 20.9. The summed E-state index contributed by atoms with van der Waals surface area (Å²) in [6.07, 6.45) is 3.03. The Bertz CT molecular complexity index is 1070. The van der Waals surface area contributed by atoms with Crippen LogP contribution < -0.4 is 4.74 Å². The maximum absolute atomic E-state index is 13.3. The molecule has 1 aliphatic rings. The Morgan fingerprint density at radius 1 is 1.09 bits per heavy atom. The average Bonchev–Trinajstić information content (AvgIpc) is 3.10. The number of carbonyl (C=O) groups is 2. The Morgan fingerprint density at radius 3 is 2.44 bits per heavy atom. The molecule has 1 unspecified atom stereocenters. The lowest BCUT2D eigenvalue weighted by Crippen LogP contribution is -2.38. The molecule has 1 heterocycles. The number of phenolic OH excluding ortho intramolecular Hbond substituents is 1. The summed E-state index contributed by atoms with van der Waals surface area (Å²) in [7, 11) is 0. The number of carbonyl (C=O) groups excluding carboxylic acids is 2. The summed E-state index contributed by atoms with van der Waals surface area (Å²) >= 11 is 0. The number of allylic oxidation sites excluding steroid dienone is 1. The number of aliphatic hydroxyl groups is 1. The third kappa shape index (κ3) is 5.48. The molecule has 3 rings (SSSR count). The van der Waals surface area contributed by atoms with Crippen LogP contribution in [0.15, 0.2) is 65.9 Å². The molecule has 1 amide bonds. The number of hydrogen-bond donors (Lipinski definition) is 2. The number of aromatic hydroxyl groups is 1. The molecule has 2 aromatic rings. The van der Waals surface area contributed by atoms with Gasteiger partial charge in [-0.1, -0.05) is 56.3 Å². The molecule has 0 bridgehead atoms. The lowest BCUT2D eigenvalue weighted by Gasteiger charge is -2.29. The third-order valence-electron chi connectivity index (χ3n) is 5.95. The van der Waals surface area contributed by atoms with E-state index in [2.05, 4.69) is 4.90 Å². The number of hydrogen-bond acceptors (Lipinski definition) is 6. The van der Waals surface area contributed by atoms with Gasteiger partial charge in [-0.3, -0.25) is 9.59 Å². The third-order valence-corrected chi connectivity index (χ3v) is 5.95. The van der Waals surface area contributed by atoms with Gasteiger partial charge < -0.3 is 24.7 Å². The summed E-state index contributed by atoms with van der Waals surface area (Å²) in [5.41, 5.74) is 1.43. The smallest absolute Gasteiger partial charge is 0.290 e. The van der Waals surface area contributed by atoms with E-state index in [9.17, 15) is 19.8 Å². The summed E-state index contributed by atoms with van der Waals surface area (Å²) in [6, 6.07) is 13.3. The lowest BCUT2D eigenvalue weighted by molar-refractivity contribution is -0.129. The van der Waals surface area contributed by atoms with Gasteiger partial charge in [-0.05, 0) is 49.3 Å². The van der Waals surface area contributed by atoms with E-state index < -0.39 is 23.5 Å². The first-order valence-electron chi connectivity index (χ1n) is 11.6. The molecule has 1 aliphatic heterocycles. The summed E-state index contributed by atoms with van der Waals surface area (Å²) in [4.78, 5) is 30.0. The quantitative estimate of drug-likeness (QED) is 0.487. The maximum atomic E-state index is 13.3. The topological polar surface area (TPSA) is 90.3 Å². The van der Waals surface area contributed by atoms with Crippen LogP contribution in [0.25, 0.3) is 6.08 Å². The minimum atomic E-state index is -0.796. The van der Waals surface area contributed by atoms with Gasteiger partial charge in [0.25, 0.3) is 5.91 Å². The number of benzene rings is 2. The highest BCUT2D eigenvalue weighted by Gasteiger charge is 2.43. The second-order valence-electron chi connectivity index (χ2n) is 7.96. The number of aliphatic hydroxyl groups excluding tert-OH is 1. The minimum Gasteiger partial charge on any atom is -0.504 e. The van der Waals surface area contributed by atoms with Crippen molar-refractivity contribution >= 4 is 17.8 Å². The highest BCUT2D eigenvalue weighted by Crippen LogP contribution is 2.40. The van der Waals surface area contributed by atoms with Gasteiger partial charge in [-0.2, -0.15) is 0 Å². The van der Waals surface area contributed by atoms with Gasteiger partial charge in [0.2, 0.25) is 0 Å². The number of nitrogens with zero attached hydrogens (tertiary/aromatic N) is 2. The molecule has 2 aromatic carbocycles. The van der Waals surface area contributed by atoms with Gasteiger partial charge in [0.1, 0.15) is 0 Å². The van der Waals surface area contributed by atoms with Gasteiger partial charge in [0, 0.05) is 13.1 Å². The molecule has 1 atom stereocenters. The molecule has 0 radical (unpaired) electrons. The van der Waals surface area contributed by atoms with Gasteiger partial charge in [-0.25, -0.2) is 0 Å². The predicted molar refractivity (Wildman–Crippen MR) is 132 cm³/mol. The van der Waals surface area contributed by atoms with E-state index >= 15 is 0 Å². The molecule has 180 valence electrons. The van der Waals surface area contributed by atoms with E-state index in [4.69, 9.17) is 4.74 Å². The molecule has 0 saturated heterocycles. The molecule has 34 heavy (non-hydrogen) atoms. The number of rotatable bonds is 11. The fourth-order valence-electron chi connectivity index (χ4n) is 4.07. The summed E-state index contributed by atoms with van der Waals surface area (Å²) in [6.45, 7) is 8.80. The van der Waals surface area contributed by atoms with E-state index in [-0.39, 0.29) is 17.1 Å². The Kier molecular flexibility index (Phi) is 8.49. The van der Waals surface area contributed by atoms with E-state index in [0.717, 1.165) is 18.7 Å². The number of amides is 1. The number of ketones is 1. The van der Waals surface area contributed by atoms with Gasteiger partial charge in [-0.15, -0.1) is 0 Å². The standard InChI is InChI=1S/C27H32N2O5/c1-4-28(5-2)16-17-29-25(20-13-15-21(30)23(18-20)34-6-3)24(26(32)27(29)33)22(31)14-12-19-10-8-7-9-11-19/h7-15,18,25,30,32H,4-6,16-17H2,1-3H3. The van der Waals surface area contributed by atoms with Crippen LogP contribution in [-0.2, 0) is 9.59 Å². The van der Waals surface area contributed by atoms with Crippen molar-refractivity contribution < 1.29 is 24.5 Å². The minimum absolute atomic E-state index is 0.0184. The Hall–Kier alpha value is -3.58. The molecular formula is C27H32N2O5. The number of ether oxygens (including phenoxy) is 1. The van der Waals surface area contributed by atoms with E-state index in [1.807, 2.05) is 44.2 Å². The van der Waals surface area contributed by atoms with Crippen molar-refractivity contribution in [3.8, 4) is 11.5 Å². The Morgan fingerprint density at radius 2 is 1.79 bits per heavy atom. The fraction of sp³-hybridized carbons (Fsp3) is 0.333. The van der Waals surface area contributed by atoms with Crippen molar-refractivity contribution in [3.63, 3.8) is 0 Å². The maximum Gasteiger partial charge on any atom is 0.290 e. The predicted octanol–water partition coefficient (Wildman–Crippen LogP) is 4.11. The summed E-state index contributed by atoms with van der Waals surface area (Å²) in [5.74, 6) is -1.35. The van der Waals surface area contributed by atoms with Gasteiger partial charge >= 0.3 is 0 Å². The molecule has 0 aliphatic carbocycles. The normalized spacial score (nSPS) is 16.2. The molecule has 0 fully saturated rings. The first-order chi connectivity index (χ1) is 16.4. The van der Waals surface area contributed by atoms with Crippen LogP contribution in [0.5, 0.6) is 11.5 Å². The zero-order valence-electron chi connectivity index (χ0n) is 19.9. The van der Waals surface area contributed by atoms with Crippen molar-refractivity contribution in [2.24, 2.45) is 0 Å². The molecule has 2 N–H and O–H groups in total. The summed E-state index contributed by atoms with van der Waals surface area (Å²) < 4.78 is 5.52. The van der Waals surface area contributed by atoms with Crippen LogP contribution in [0.4, 0.5) is 0 Å². The van der Waals surface area contributed by atoms with Crippen molar-refractivity contribution in [1.82, 2.24) is 9.80 Å². The van der Waals surface area contributed by atoms with Crippen LogP contribution in [0, 0.1) is 0 Å². The van der Waals surface area contributed by atoms with Crippen LogP contribution >= 0.6 is 0 Å². The number of phenols is 1. The second-order valence-corrected chi connectivity index (χ2v) is 7.96. The average molecular weight is 465 g/mol. The number of likely N-dealkylation sites (N-methyl/N-ethyl adjacent to an activating group) is 1. The molecular weight excluding hydrogens is 432 g/mol.